The number of nitrogens with one attached hydrogen (secondary N) is 2. The highest BCUT2D eigenvalue weighted by molar-refractivity contribution is 9.10. The summed E-state index contributed by atoms with van der Waals surface area (Å²) in [5.74, 6) is -1.06. The van der Waals surface area contributed by atoms with Gasteiger partial charge in [-0.15, -0.1) is 0 Å². The summed E-state index contributed by atoms with van der Waals surface area (Å²) in [6, 6.07) is 4.00. The van der Waals surface area contributed by atoms with Gasteiger partial charge < -0.3 is 5.11 Å². The highest BCUT2D eigenvalue weighted by Crippen LogP contribution is 2.27. The van der Waals surface area contributed by atoms with Crippen molar-refractivity contribution < 1.29 is 18.3 Å². The van der Waals surface area contributed by atoms with Crippen molar-refractivity contribution in [3.63, 3.8) is 0 Å². The highest BCUT2D eigenvalue weighted by atomic mass is 79.9. The van der Waals surface area contributed by atoms with Crippen LogP contribution in [-0.4, -0.2) is 29.7 Å². The van der Waals surface area contributed by atoms with Gasteiger partial charge in [-0.3, -0.25) is 9.82 Å². The Balaban J connectivity index is 2.51. The number of benzene rings is 1. The molecule has 0 atom stereocenters. The van der Waals surface area contributed by atoms with Crippen molar-refractivity contribution >= 4 is 37.7 Å². The van der Waals surface area contributed by atoms with Gasteiger partial charge >= 0.3 is 5.97 Å². The maximum absolute atomic E-state index is 12.4. The van der Waals surface area contributed by atoms with Gasteiger partial charge in [0.2, 0.25) is 0 Å². The van der Waals surface area contributed by atoms with Crippen LogP contribution in [0.3, 0.4) is 0 Å². The van der Waals surface area contributed by atoms with E-state index in [9.17, 15) is 13.2 Å². The van der Waals surface area contributed by atoms with E-state index in [-0.39, 0.29) is 16.3 Å². The van der Waals surface area contributed by atoms with E-state index >= 15 is 0 Å². The number of anilines is 1. The minimum Gasteiger partial charge on any atom is -0.478 e. The first-order chi connectivity index (χ1) is 9.70. The van der Waals surface area contributed by atoms with E-state index in [0.29, 0.717) is 15.7 Å². The lowest BCUT2D eigenvalue weighted by atomic mass is 10.1. The Kier molecular flexibility index (Phi) is 4.06. The minimum atomic E-state index is -3.94. The van der Waals surface area contributed by atoms with Gasteiger partial charge in [0.15, 0.2) is 5.82 Å². The van der Waals surface area contributed by atoms with Crippen molar-refractivity contribution in [1.82, 2.24) is 10.2 Å². The van der Waals surface area contributed by atoms with Crippen molar-refractivity contribution in [1.29, 1.82) is 0 Å². The van der Waals surface area contributed by atoms with Crippen LogP contribution in [-0.2, 0) is 10.0 Å². The maximum Gasteiger partial charge on any atom is 0.335 e. The Labute approximate surface area is 129 Å². The summed E-state index contributed by atoms with van der Waals surface area (Å²) in [5, 5.41) is 15.4. The van der Waals surface area contributed by atoms with E-state index in [1.807, 2.05) is 0 Å². The number of halogens is 1. The van der Waals surface area contributed by atoms with Gasteiger partial charge in [0.1, 0.15) is 0 Å². The number of hydrogen-bond acceptors (Lipinski definition) is 4. The standard InChI is InChI=1S/C12H12BrN3O4S/c1-6-3-11(15-14-6)16-21(19,20)10-5-8(12(17)18)4-9(13)7(10)2/h3-5H,1-2H3,(H,17,18)(H2,14,15,16). The molecule has 0 radical (unpaired) electrons. The number of aromatic amines is 1. The third-order valence-corrected chi connectivity index (χ3v) is 5.08. The number of aromatic carboxylic acids is 1. The summed E-state index contributed by atoms with van der Waals surface area (Å²) in [6.07, 6.45) is 0. The van der Waals surface area contributed by atoms with Crippen molar-refractivity contribution in [2.75, 3.05) is 4.72 Å². The van der Waals surface area contributed by atoms with Gasteiger partial charge in [-0.1, -0.05) is 15.9 Å². The van der Waals surface area contributed by atoms with Crippen molar-refractivity contribution in [2.24, 2.45) is 0 Å². The fraction of sp³-hybridized carbons (Fsp3) is 0.167. The maximum atomic E-state index is 12.4. The normalized spacial score (nSPS) is 11.4. The number of H-pyrrole nitrogens is 1. The smallest absolute Gasteiger partial charge is 0.335 e. The molecule has 0 fully saturated rings. The fourth-order valence-corrected chi connectivity index (χ4v) is 3.60. The molecule has 0 aliphatic carbocycles. The minimum absolute atomic E-state index is 0.116. The van der Waals surface area contributed by atoms with Crippen LogP contribution in [0, 0.1) is 13.8 Å². The monoisotopic (exact) mass is 373 g/mol. The Hall–Kier alpha value is -1.87. The zero-order chi connectivity index (χ0) is 15.8. The summed E-state index contributed by atoms with van der Waals surface area (Å²) in [7, 11) is -3.94. The topological polar surface area (TPSA) is 112 Å². The van der Waals surface area contributed by atoms with Crippen LogP contribution >= 0.6 is 15.9 Å². The highest BCUT2D eigenvalue weighted by Gasteiger charge is 2.22. The average Bonchev–Trinajstić information content (AvgIpc) is 2.76. The molecule has 0 saturated heterocycles. The van der Waals surface area contributed by atoms with Gasteiger partial charge in [0, 0.05) is 16.2 Å². The van der Waals surface area contributed by atoms with E-state index in [0.717, 1.165) is 6.07 Å². The molecule has 1 aromatic heterocycles. The van der Waals surface area contributed by atoms with Crippen molar-refractivity contribution in [2.45, 2.75) is 18.7 Å². The molecule has 0 unspecified atom stereocenters. The van der Waals surface area contributed by atoms with Gasteiger partial charge in [-0.2, -0.15) is 5.10 Å². The van der Waals surface area contributed by atoms with Crippen molar-refractivity contribution in [3.05, 3.63) is 39.5 Å². The Bertz CT molecular complexity index is 814. The lowest BCUT2D eigenvalue weighted by molar-refractivity contribution is 0.0696. The zero-order valence-electron chi connectivity index (χ0n) is 11.1. The Morgan fingerprint density at radius 1 is 1.33 bits per heavy atom. The first-order valence-electron chi connectivity index (χ1n) is 5.79. The number of carboxylic acids is 1. The second kappa shape index (κ2) is 5.49. The number of rotatable bonds is 4. The molecule has 0 spiro atoms. The summed E-state index contributed by atoms with van der Waals surface area (Å²) in [4.78, 5) is 10.9. The summed E-state index contributed by atoms with van der Waals surface area (Å²) >= 11 is 3.17. The first kappa shape index (κ1) is 15.5. The SMILES string of the molecule is Cc1cc(NS(=O)(=O)c2cc(C(=O)O)cc(Br)c2C)n[nH]1. The fourth-order valence-electron chi connectivity index (χ4n) is 1.72. The summed E-state index contributed by atoms with van der Waals surface area (Å²) in [5.41, 5.74) is 0.996. The molecule has 1 heterocycles. The summed E-state index contributed by atoms with van der Waals surface area (Å²) in [6.45, 7) is 3.32. The molecule has 0 bridgehead atoms. The van der Waals surface area contributed by atoms with Crippen LogP contribution in [0.4, 0.5) is 5.82 Å². The second-order valence-electron chi connectivity index (χ2n) is 4.43. The summed E-state index contributed by atoms with van der Waals surface area (Å²) < 4.78 is 27.5. The number of carboxylic acid groups (broad SMARTS) is 1. The molecule has 0 aliphatic rings. The lowest BCUT2D eigenvalue weighted by Crippen LogP contribution is -2.16. The van der Waals surface area contributed by atoms with E-state index < -0.39 is 16.0 Å². The Morgan fingerprint density at radius 2 is 2.00 bits per heavy atom. The third-order valence-electron chi connectivity index (χ3n) is 2.78. The first-order valence-corrected chi connectivity index (χ1v) is 8.06. The molecule has 112 valence electrons. The molecule has 9 heteroatoms. The van der Waals surface area contributed by atoms with Gasteiger partial charge in [0.05, 0.1) is 10.5 Å². The van der Waals surface area contributed by atoms with E-state index in [2.05, 4.69) is 30.8 Å². The number of aryl methyl sites for hydroxylation is 1. The third kappa shape index (κ3) is 3.24. The molecule has 21 heavy (non-hydrogen) atoms. The number of carbonyl (C=O) groups is 1. The van der Waals surface area contributed by atoms with Crippen LogP contribution < -0.4 is 4.72 Å². The van der Waals surface area contributed by atoms with E-state index in [4.69, 9.17) is 5.11 Å². The molecule has 0 aliphatic heterocycles. The van der Waals surface area contributed by atoms with Gasteiger partial charge in [0.25, 0.3) is 10.0 Å². The molecule has 1 aromatic carbocycles. The molecule has 2 aromatic rings. The number of aromatic nitrogens is 2. The molecule has 3 N–H and O–H groups in total. The predicted molar refractivity (Wildman–Crippen MR) is 80.0 cm³/mol. The zero-order valence-corrected chi connectivity index (χ0v) is 13.5. The van der Waals surface area contributed by atoms with E-state index in [1.165, 1.54) is 12.1 Å². The molecule has 0 amide bonds. The molecule has 2 rings (SSSR count). The number of hydrogen-bond donors (Lipinski definition) is 3. The predicted octanol–water partition coefficient (Wildman–Crippen LogP) is 2.29. The molecule has 7 nitrogen and oxygen atoms in total. The van der Waals surface area contributed by atoms with Gasteiger partial charge in [-0.05, 0) is 31.5 Å². The second-order valence-corrected chi connectivity index (χ2v) is 6.93. The van der Waals surface area contributed by atoms with Crippen molar-refractivity contribution in [3.8, 4) is 0 Å². The number of sulfonamides is 1. The van der Waals surface area contributed by atoms with E-state index in [1.54, 1.807) is 13.8 Å². The lowest BCUT2D eigenvalue weighted by Gasteiger charge is -2.11. The van der Waals surface area contributed by atoms with Crippen LogP contribution in [0.25, 0.3) is 0 Å². The van der Waals surface area contributed by atoms with Gasteiger partial charge in [-0.25, -0.2) is 13.2 Å². The van der Waals surface area contributed by atoms with Crippen LogP contribution in [0.1, 0.15) is 21.6 Å². The van der Waals surface area contributed by atoms with Crippen LogP contribution in [0.15, 0.2) is 27.6 Å². The Morgan fingerprint density at radius 3 is 2.52 bits per heavy atom. The molecule has 0 saturated carbocycles. The van der Waals surface area contributed by atoms with Crippen LogP contribution in [0.5, 0.6) is 0 Å². The molecular weight excluding hydrogens is 362 g/mol. The molecular formula is C12H12BrN3O4S. The average molecular weight is 374 g/mol. The number of nitrogens with zero attached hydrogens (tertiary/aromatic N) is 1. The largest absolute Gasteiger partial charge is 0.478 e. The quantitative estimate of drug-likeness (QED) is 0.760. The van der Waals surface area contributed by atoms with Crippen LogP contribution in [0.2, 0.25) is 0 Å².